The molecule has 1 amide bonds. The summed E-state index contributed by atoms with van der Waals surface area (Å²) in [5.41, 5.74) is 2.18. The summed E-state index contributed by atoms with van der Waals surface area (Å²) in [6, 6.07) is 20.3. The predicted octanol–water partition coefficient (Wildman–Crippen LogP) is 5.71. The fraction of sp³-hybridized carbons (Fsp3) is 0.222. The normalized spacial score (nSPS) is 11.2. The molecule has 34 heavy (non-hydrogen) atoms. The maximum atomic E-state index is 13.3. The first-order valence-electron chi connectivity index (χ1n) is 11.5. The molecule has 0 aliphatic rings. The van der Waals surface area contributed by atoms with Crippen molar-refractivity contribution in [3.63, 3.8) is 0 Å². The van der Waals surface area contributed by atoms with Gasteiger partial charge in [0.05, 0.1) is 16.5 Å². The molecule has 0 aliphatic heterocycles. The Morgan fingerprint density at radius 2 is 1.97 bits per heavy atom. The van der Waals surface area contributed by atoms with Gasteiger partial charge in [0, 0.05) is 25.5 Å². The zero-order valence-corrected chi connectivity index (χ0v) is 19.9. The lowest BCUT2D eigenvalue weighted by Gasteiger charge is -2.20. The van der Waals surface area contributed by atoms with Gasteiger partial charge in [-0.05, 0) is 53.4 Å². The van der Waals surface area contributed by atoms with Crippen LogP contribution >= 0.6 is 11.3 Å². The summed E-state index contributed by atoms with van der Waals surface area (Å²) >= 11 is 1.55. The van der Waals surface area contributed by atoms with E-state index in [9.17, 15) is 4.79 Å². The minimum Gasteiger partial charge on any atom is -0.484 e. The van der Waals surface area contributed by atoms with Crippen molar-refractivity contribution in [3.05, 3.63) is 84.9 Å². The van der Waals surface area contributed by atoms with Crippen LogP contribution in [0.2, 0.25) is 0 Å². The zero-order valence-electron chi connectivity index (χ0n) is 19.1. The van der Waals surface area contributed by atoms with Gasteiger partial charge in [0.25, 0.3) is 5.91 Å². The Balaban J connectivity index is 1.34. The third-order valence-electron chi connectivity index (χ3n) is 5.82. The molecule has 0 fully saturated rings. The van der Waals surface area contributed by atoms with Crippen LogP contribution in [0.4, 0.5) is 5.13 Å². The van der Waals surface area contributed by atoms with Crippen molar-refractivity contribution >= 4 is 43.4 Å². The van der Waals surface area contributed by atoms with Crippen LogP contribution in [0.3, 0.4) is 0 Å². The number of carbonyl (C=O) groups excluding carboxylic acids is 1. The van der Waals surface area contributed by atoms with Crippen LogP contribution in [0.25, 0.3) is 21.0 Å². The molecular weight excluding hydrogens is 444 g/mol. The number of ether oxygens (including phenoxy) is 1. The number of nitrogens with zero attached hydrogens (tertiary/aromatic N) is 4. The molecule has 5 aromatic rings. The Hall–Kier alpha value is -3.71. The quantitative estimate of drug-likeness (QED) is 0.277. The van der Waals surface area contributed by atoms with Crippen molar-refractivity contribution in [2.24, 2.45) is 0 Å². The van der Waals surface area contributed by atoms with Gasteiger partial charge >= 0.3 is 0 Å². The van der Waals surface area contributed by atoms with Gasteiger partial charge in [-0.15, -0.1) is 0 Å². The van der Waals surface area contributed by atoms with E-state index >= 15 is 0 Å². The van der Waals surface area contributed by atoms with E-state index in [0.29, 0.717) is 17.4 Å². The number of aromatic nitrogens is 3. The molecule has 2 heterocycles. The molecule has 3 aromatic carbocycles. The minimum absolute atomic E-state index is 0.0421. The van der Waals surface area contributed by atoms with Crippen molar-refractivity contribution in [2.45, 2.75) is 26.3 Å². The predicted molar refractivity (Wildman–Crippen MR) is 138 cm³/mol. The lowest BCUT2D eigenvalue weighted by Crippen LogP contribution is -2.36. The second kappa shape index (κ2) is 10.1. The summed E-state index contributed by atoms with van der Waals surface area (Å²) in [5, 5.41) is 2.94. The average molecular weight is 471 g/mol. The number of thiazole rings is 1. The van der Waals surface area contributed by atoms with Gasteiger partial charge in [-0.1, -0.05) is 54.7 Å². The largest absolute Gasteiger partial charge is 0.484 e. The number of rotatable bonds is 9. The van der Waals surface area contributed by atoms with E-state index in [2.05, 4.69) is 30.1 Å². The number of hydrogen-bond acceptors (Lipinski definition) is 5. The summed E-state index contributed by atoms with van der Waals surface area (Å²) in [7, 11) is 0. The third kappa shape index (κ3) is 4.94. The third-order valence-corrected chi connectivity index (χ3v) is 6.86. The fourth-order valence-electron chi connectivity index (χ4n) is 3.93. The molecule has 0 saturated carbocycles. The van der Waals surface area contributed by atoms with Gasteiger partial charge < -0.3 is 9.30 Å². The number of benzene rings is 3. The van der Waals surface area contributed by atoms with E-state index in [4.69, 9.17) is 9.72 Å². The second-order valence-electron chi connectivity index (χ2n) is 8.15. The first-order valence-corrected chi connectivity index (χ1v) is 12.3. The number of amides is 1. The van der Waals surface area contributed by atoms with Gasteiger partial charge in [-0.2, -0.15) is 0 Å². The van der Waals surface area contributed by atoms with Crippen LogP contribution in [-0.2, 0) is 17.8 Å². The van der Waals surface area contributed by atoms with E-state index in [1.807, 2.05) is 53.2 Å². The Morgan fingerprint density at radius 1 is 1.09 bits per heavy atom. The highest BCUT2D eigenvalue weighted by Crippen LogP contribution is 2.30. The summed E-state index contributed by atoms with van der Waals surface area (Å²) in [4.78, 5) is 23.9. The molecule has 0 spiro atoms. The van der Waals surface area contributed by atoms with Crippen molar-refractivity contribution in [3.8, 4) is 5.75 Å². The van der Waals surface area contributed by atoms with Gasteiger partial charge in [0.15, 0.2) is 11.7 Å². The van der Waals surface area contributed by atoms with E-state index in [1.54, 1.807) is 28.8 Å². The van der Waals surface area contributed by atoms with E-state index in [1.165, 1.54) is 5.56 Å². The first kappa shape index (κ1) is 22.1. The van der Waals surface area contributed by atoms with Crippen molar-refractivity contribution in [2.75, 3.05) is 18.1 Å². The molecule has 0 N–H and O–H groups in total. The summed E-state index contributed by atoms with van der Waals surface area (Å²) in [6.45, 7) is 3.43. The highest BCUT2D eigenvalue weighted by atomic mass is 32.1. The fourth-order valence-corrected chi connectivity index (χ4v) is 5.00. The highest BCUT2D eigenvalue weighted by molar-refractivity contribution is 7.22. The molecule has 6 nitrogen and oxygen atoms in total. The molecule has 7 heteroatoms. The molecule has 0 saturated heterocycles. The molecule has 0 aliphatic carbocycles. The number of imidazole rings is 1. The molecule has 0 radical (unpaired) electrons. The number of hydrogen-bond donors (Lipinski definition) is 0. The summed E-state index contributed by atoms with van der Waals surface area (Å²) in [6.07, 6.45) is 7.24. The van der Waals surface area contributed by atoms with Crippen molar-refractivity contribution < 1.29 is 9.53 Å². The minimum atomic E-state index is -0.103. The van der Waals surface area contributed by atoms with Gasteiger partial charge in [-0.3, -0.25) is 9.69 Å². The Kier molecular flexibility index (Phi) is 6.53. The lowest BCUT2D eigenvalue weighted by molar-refractivity contribution is -0.120. The SMILES string of the molecule is CCc1ccc2nc(N(CCCn3ccnc3)C(=O)COc3ccc4ccccc4c3)sc2c1. The molecular formula is C27H26N4O2S. The van der Waals surface area contributed by atoms with Crippen LogP contribution in [0.15, 0.2) is 79.4 Å². The number of carbonyl (C=O) groups is 1. The highest BCUT2D eigenvalue weighted by Gasteiger charge is 2.20. The summed E-state index contributed by atoms with van der Waals surface area (Å²) < 4.78 is 9.02. The second-order valence-corrected chi connectivity index (χ2v) is 9.16. The maximum absolute atomic E-state index is 13.3. The Labute approximate surface area is 202 Å². The maximum Gasteiger partial charge on any atom is 0.266 e. The Morgan fingerprint density at radius 3 is 2.79 bits per heavy atom. The molecule has 2 aromatic heterocycles. The van der Waals surface area contributed by atoms with E-state index in [0.717, 1.165) is 40.4 Å². The monoisotopic (exact) mass is 470 g/mol. The van der Waals surface area contributed by atoms with Gasteiger partial charge in [0.1, 0.15) is 5.75 Å². The van der Waals surface area contributed by atoms with E-state index in [-0.39, 0.29) is 12.5 Å². The molecule has 0 bridgehead atoms. The van der Waals surface area contributed by atoms with Crippen LogP contribution in [-0.4, -0.2) is 33.6 Å². The van der Waals surface area contributed by atoms with E-state index < -0.39 is 0 Å². The Bertz CT molecular complexity index is 1410. The molecule has 0 unspecified atom stereocenters. The van der Waals surface area contributed by atoms with Crippen LogP contribution < -0.4 is 9.64 Å². The molecule has 172 valence electrons. The van der Waals surface area contributed by atoms with Gasteiger partial charge in [0.2, 0.25) is 0 Å². The first-order chi connectivity index (χ1) is 16.7. The lowest BCUT2D eigenvalue weighted by atomic mass is 10.1. The number of anilines is 1. The van der Waals surface area contributed by atoms with Crippen LogP contribution in [0, 0.1) is 0 Å². The zero-order chi connectivity index (χ0) is 23.3. The molecule has 0 atom stereocenters. The van der Waals surface area contributed by atoms with Crippen LogP contribution in [0.5, 0.6) is 5.75 Å². The summed E-state index contributed by atoms with van der Waals surface area (Å²) in [5.74, 6) is 0.580. The van der Waals surface area contributed by atoms with Crippen LogP contribution in [0.1, 0.15) is 18.9 Å². The number of fused-ring (bicyclic) bond motifs is 2. The van der Waals surface area contributed by atoms with Crippen molar-refractivity contribution in [1.82, 2.24) is 14.5 Å². The standard InChI is InChI=1S/C27H26N4O2S/c1-2-20-8-11-24-25(16-20)34-27(29-24)31(14-5-13-30-15-12-28-19-30)26(32)18-33-23-10-9-21-6-3-4-7-22(21)17-23/h3-4,6-12,15-17,19H,2,5,13-14,18H2,1H3. The molecule has 5 rings (SSSR count). The number of aryl methyl sites for hydroxylation is 2. The average Bonchev–Trinajstić information content (AvgIpc) is 3.54. The van der Waals surface area contributed by atoms with Crippen molar-refractivity contribution in [1.29, 1.82) is 0 Å². The smallest absolute Gasteiger partial charge is 0.266 e. The topological polar surface area (TPSA) is 60.2 Å². The van der Waals surface area contributed by atoms with Gasteiger partial charge in [-0.25, -0.2) is 9.97 Å².